The molecule has 2 saturated carbocycles. The lowest BCUT2D eigenvalue weighted by Crippen LogP contribution is -2.52. The van der Waals surface area contributed by atoms with E-state index in [1.807, 2.05) is 0 Å². The first-order chi connectivity index (χ1) is 9.53. The Bertz CT molecular complexity index is 422. The molecule has 0 unspecified atom stereocenters. The Morgan fingerprint density at radius 3 is 2.25 bits per heavy atom. The highest BCUT2D eigenvalue weighted by Crippen LogP contribution is 2.28. The van der Waals surface area contributed by atoms with Gasteiger partial charge in [-0.25, -0.2) is 0 Å². The molecule has 3 fully saturated rings. The fraction of sp³-hybridized carbons (Fsp3) is 1.00. The Hall–Kier alpha value is -0.170. The summed E-state index contributed by atoms with van der Waals surface area (Å²) in [7, 11) is -3.25. The molecule has 0 aromatic carbocycles. The van der Waals surface area contributed by atoms with Crippen LogP contribution in [0.1, 0.15) is 45.4 Å². The van der Waals surface area contributed by atoms with Crippen LogP contribution in [-0.4, -0.2) is 44.4 Å². The van der Waals surface area contributed by atoms with Crippen LogP contribution in [0.3, 0.4) is 0 Å². The van der Waals surface area contributed by atoms with Gasteiger partial charge in [0.05, 0.1) is 0 Å². The number of rotatable bonds is 6. The van der Waals surface area contributed by atoms with Gasteiger partial charge in [-0.1, -0.05) is 6.92 Å². The molecule has 3 aliphatic rings. The van der Waals surface area contributed by atoms with E-state index in [0.29, 0.717) is 24.9 Å². The number of nitrogens with zero attached hydrogens (tertiary/aromatic N) is 1. The molecule has 0 aromatic heterocycles. The Kier molecular flexibility index (Phi) is 4.36. The topological polar surface area (TPSA) is 61.4 Å². The van der Waals surface area contributed by atoms with Crippen molar-refractivity contribution in [3.63, 3.8) is 0 Å². The van der Waals surface area contributed by atoms with Crippen LogP contribution in [0.5, 0.6) is 0 Å². The summed E-state index contributed by atoms with van der Waals surface area (Å²) in [6, 6.07) is 0.920. The second kappa shape index (κ2) is 5.91. The van der Waals surface area contributed by atoms with Gasteiger partial charge in [0.15, 0.2) is 0 Å². The highest BCUT2D eigenvalue weighted by atomic mass is 32.2. The van der Waals surface area contributed by atoms with Crippen molar-refractivity contribution in [2.24, 2.45) is 11.8 Å². The van der Waals surface area contributed by atoms with E-state index in [4.69, 9.17) is 0 Å². The molecule has 5 nitrogen and oxygen atoms in total. The zero-order valence-electron chi connectivity index (χ0n) is 12.3. The molecule has 0 bridgehead atoms. The van der Waals surface area contributed by atoms with Crippen molar-refractivity contribution in [3.8, 4) is 0 Å². The van der Waals surface area contributed by atoms with E-state index >= 15 is 0 Å². The first-order valence-electron chi connectivity index (χ1n) is 8.03. The van der Waals surface area contributed by atoms with E-state index in [9.17, 15) is 8.42 Å². The molecule has 116 valence electrons. The minimum atomic E-state index is -3.25. The van der Waals surface area contributed by atoms with Crippen molar-refractivity contribution in [1.82, 2.24) is 14.3 Å². The predicted octanol–water partition coefficient (Wildman–Crippen LogP) is 1.08. The molecule has 0 radical (unpaired) electrons. The van der Waals surface area contributed by atoms with Crippen LogP contribution >= 0.6 is 0 Å². The van der Waals surface area contributed by atoms with Gasteiger partial charge in [0, 0.05) is 25.2 Å². The van der Waals surface area contributed by atoms with Crippen LogP contribution < -0.4 is 10.0 Å². The summed E-state index contributed by atoms with van der Waals surface area (Å²) in [4.78, 5) is 0. The van der Waals surface area contributed by atoms with Gasteiger partial charge in [-0.2, -0.15) is 17.4 Å². The van der Waals surface area contributed by atoms with Crippen molar-refractivity contribution >= 4 is 10.2 Å². The highest BCUT2D eigenvalue weighted by Gasteiger charge is 2.34. The van der Waals surface area contributed by atoms with Crippen molar-refractivity contribution in [3.05, 3.63) is 0 Å². The smallest absolute Gasteiger partial charge is 0.279 e. The van der Waals surface area contributed by atoms with Crippen LogP contribution in [0.25, 0.3) is 0 Å². The molecule has 3 rings (SSSR count). The van der Waals surface area contributed by atoms with Gasteiger partial charge in [-0.05, 0) is 56.9 Å². The van der Waals surface area contributed by atoms with Crippen molar-refractivity contribution in [1.29, 1.82) is 0 Å². The third-order valence-corrected chi connectivity index (χ3v) is 6.55. The normalized spacial score (nSPS) is 33.0. The first-order valence-corrected chi connectivity index (χ1v) is 9.48. The molecule has 0 atom stereocenters. The summed E-state index contributed by atoms with van der Waals surface area (Å²) in [5.74, 6) is 1.31. The molecule has 0 spiro atoms. The minimum Gasteiger partial charge on any atom is -0.314 e. The van der Waals surface area contributed by atoms with E-state index < -0.39 is 10.2 Å². The Labute approximate surface area is 122 Å². The monoisotopic (exact) mass is 301 g/mol. The fourth-order valence-corrected chi connectivity index (χ4v) is 4.71. The number of hydrogen-bond donors (Lipinski definition) is 2. The molecular formula is C14H27N3O2S. The van der Waals surface area contributed by atoms with E-state index in [-0.39, 0.29) is 6.04 Å². The molecule has 1 heterocycles. The molecule has 6 heteroatoms. The van der Waals surface area contributed by atoms with Gasteiger partial charge in [0.2, 0.25) is 0 Å². The number of hydrogen-bond acceptors (Lipinski definition) is 3. The minimum absolute atomic E-state index is 0.171. The molecule has 0 amide bonds. The van der Waals surface area contributed by atoms with Crippen LogP contribution in [0.2, 0.25) is 0 Å². The Balaban J connectivity index is 1.41. The lowest BCUT2D eigenvalue weighted by molar-refractivity contribution is 0.243. The second-order valence-electron chi connectivity index (χ2n) is 6.92. The predicted molar refractivity (Wildman–Crippen MR) is 79.6 cm³/mol. The van der Waals surface area contributed by atoms with Crippen molar-refractivity contribution in [2.75, 3.05) is 19.6 Å². The summed E-state index contributed by atoms with van der Waals surface area (Å²) >= 11 is 0. The van der Waals surface area contributed by atoms with Gasteiger partial charge in [-0.3, -0.25) is 0 Å². The first kappa shape index (κ1) is 14.8. The lowest BCUT2D eigenvalue weighted by Gasteiger charge is -2.37. The van der Waals surface area contributed by atoms with E-state index in [1.165, 1.54) is 12.8 Å². The SMILES string of the molecule is CC1CC(NS(=O)(=O)N2CCC(CNC3CC3)CC2)C1. The van der Waals surface area contributed by atoms with Crippen LogP contribution in [0.15, 0.2) is 0 Å². The van der Waals surface area contributed by atoms with Gasteiger partial charge in [0.25, 0.3) is 10.2 Å². The van der Waals surface area contributed by atoms with Crippen LogP contribution in [0.4, 0.5) is 0 Å². The molecule has 20 heavy (non-hydrogen) atoms. The molecule has 2 N–H and O–H groups in total. The lowest BCUT2D eigenvalue weighted by atomic mass is 9.83. The third kappa shape index (κ3) is 3.72. The Morgan fingerprint density at radius 1 is 1.05 bits per heavy atom. The largest absolute Gasteiger partial charge is 0.314 e. The maximum Gasteiger partial charge on any atom is 0.279 e. The van der Waals surface area contributed by atoms with Crippen molar-refractivity contribution in [2.45, 2.75) is 57.5 Å². The summed E-state index contributed by atoms with van der Waals surface area (Å²) < 4.78 is 29.0. The second-order valence-corrected chi connectivity index (χ2v) is 8.62. The summed E-state index contributed by atoms with van der Waals surface area (Å²) in [6.07, 6.45) is 6.58. The van der Waals surface area contributed by atoms with Gasteiger partial charge >= 0.3 is 0 Å². The third-order valence-electron chi connectivity index (χ3n) is 4.88. The zero-order valence-corrected chi connectivity index (χ0v) is 13.2. The van der Waals surface area contributed by atoms with Crippen LogP contribution in [0, 0.1) is 11.8 Å². The maximum atomic E-state index is 12.3. The molecule has 1 saturated heterocycles. The van der Waals surface area contributed by atoms with E-state index in [2.05, 4.69) is 17.0 Å². The molecule has 1 aliphatic heterocycles. The maximum absolute atomic E-state index is 12.3. The van der Waals surface area contributed by atoms with Gasteiger partial charge in [-0.15, -0.1) is 0 Å². The fourth-order valence-electron chi connectivity index (χ4n) is 3.26. The zero-order chi connectivity index (χ0) is 14.2. The summed E-state index contributed by atoms with van der Waals surface area (Å²) in [6.45, 7) is 4.58. The standard InChI is InChI=1S/C14H27N3O2S/c1-11-8-14(9-11)16-20(18,19)17-6-4-12(5-7-17)10-15-13-2-3-13/h11-16H,2-10H2,1H3. The number of nitrogens with one attached hydrogen (secondary N) is 2. The van der Waals surface area contributed by atoms with Crippen LogP contribution in [-0.2, 0) is 10.2 Å². The van der Waals surface area contributed by atoms with Gasteiger partial charge < -0.3 is 5.32 Å². The average Bonchev–Trinajstić information content (AvgIpc) is 3.19. The van der Waals surface area contributed by atoms with E-state index in [0.717, 1.165) is 38.3 Å². The average molecular weight is 301 g/mol. The Morgan fingerprint density at radius 2 is 1.70 bits per heavy atom. The summed E-state index contributed by atoms with van der Waals surface area (Å²) in [5, 5.41) is 3.55. The van der Waals surface area contributed by atoms with E-state index in [1.54, 1.807) is 4.31 Å². The van der Waals surface area contributed by atoms with Crippen molar-refractivity contribution < 1.29 is 8.42 Å². The number of piperidine rings is 1. The molecule has 2 aliphatic carbocycles. The molecule has 0 aromatic rings. The highest BCUT2D eigenvalue weighted by molar-refractivity contribution is 7.87. The summed E-state index contributed by atoms with van der Waals surface area (Å²) in [5.41, 5.74) is 0. The quantitative estimate of drug-likeness (QED) is 0.772. The van der Waals surface area contributed by atoms with Gasteiger partial charge in [0.1, 0.15) is 0 Å². The molecular weight excluding hydrogens is 274 g/mol.